The number of aromatic amines is 2. The second kappa shape index (κ2) is 16.1. The minimum Gasteiger partial charge on any atom is -0.488 e. The predicted octanol–water partition coefficient (Wildman–Crippen LogP) is 9.46. The molecule has 2 aliphatic heterocycles. The number of allylic oxidation sites excluding steroid dienone is 1. The third-order valence-corrected chi connectivity index (χ3v) is 12.5. The van der Waals surface area contributed by atoms with E-state index in [0.29, 0.717) is 24.8 Å². The molecule has 2 aromatic carbocycles. The molecule has 0 spiro atoms. The Labute approximate surface area is 349 Å². The van der Waals surface area contributed by atoms with Gasteiger partial charge in [-0.2, -0.15) is 0 Å². The molecular formula is C47H49ClN8O3. The maximum absolute atomic E-state index is 13.8. The van der Waals surface area contributed by atoms with E-state index in [0.717, 1.165) is 101 Å². The number of pyridine rings is 2. The van der Waals surface area contributed by atoms with Crippen molar-refractivity contribution < 1.29 is 14.3 Å². The highest BCUT2D eigenvalue weighted by molar-refractivity contribution is 6.32. The van der Waals surface area contributed by atoms with Crippen LogP contribution in [0.2, 0.25) is 5.15 Å². The molecule has 302 valence electrons. The van der Waals surface area contributed by atoms with Crippen LogP contribution in [0.1, 0.15) is 96.2 Å². The van der Waals surface area contributed by atoms with Crippen LogP contribution in [0.25, 0.3) is 33.6 Å². The number of nitrogens with zero attached hydrogens (tertiary/aromatic N) is 6. The Kier molecular flexibility index (Phi) is 10.6. The number of aryl methyl sites for hydroxylation is 3. The maximum atomic E-state index is 13.8. The molecule has 1 aliphatic carbocycles. The summed E-state index contributed by atoms with van der Waals surface area (Å²) >= 11 is 6.92. The smallest absolute Gasteiger partial charge is 0.257 e. The molecule has 6 aromatic rings. The maximum Gasteiger partial charge on any atom is 0.257 e. The van der Waals surface area contributed by atoms with Crippen molar-refractivity contribution >= 4 is 17.5 Å². The molecule has 4 aromatic heterocycles. The fourth-order valence-corrected chi connectivity index (χ4v) is 9.50. The number of likely N-dealkylation sites (tertiary alicyclic amines) is 1. The van der Waals surface area contributed by atoms with Crippen molar-refractivity contribution in [3.63, 3.8) is 0 Å². The van der Waals surface area contributed by atoms with Crippen molar-refractivity contribution in [2.45, 2.75) is 84.1 Å². The van der Waals surface area contributed by atoms with Gasteiger partial charge in [0.2, 0.25) is 0 Å². The van der Waals surface area contributed by atoms with E-state index in [9.17, 15) is 4.79 Å². The second-order valence-electron chi connectivity index (χ2n) is 16.0. The summed E-state index contributed by atoms with van der Waals surface area (Å²) in [4.78, 5) is 43.3. The molecule has 0 saturated carbocycles. The van der Waals surface area contributed by atoms with Crippen LogP contribution in [0, 0.1) is 6.92 Å². The molecule has 3 atom stereocenters. The fourth-order valence-electron chi connectivity index (χ4n) is 9.24. The normalized spacial score (nSPS) is 16.4. The van der Waals surface area contributed by atoms with E-state index in [2.05, 4.69) is 76.5 Å². The first kappa shape index (κ1) is 38.7. The summed E-state index contributed by atoms with van der Waals surface area (Å²) in [6.45, 7) is 13.5. The minimum atomic E-state index is -0.713. The Hall–Kier alpha value is -5.78. The van der Waals surface area contributed by atoms with Crippen LogP contribution in [0.15, 0.2) is 85.7 Å². The number of amides is 1. The van der Waals surface area contributed by atoms with Crippen LogP contribution in [-0.4, -0.2) is 65.8 Å². The van der Waals surface area contributed by atoms with Gasteiger partial charge in [-0.15, -0.1) is 0 Å². The SMILES string of the molecule is C=C(C(C)c1cnccc1C)N(CCC)Cc1nc(-c2cc3c4c(c2)OCc2cc(-c5cnc([C@@H]6CCCN6C(=O)C(OC)c6cccnc6)[nH]5)cc(c2-4)CC3)c(Cl)[nH]1. The van der Waals surface area contributed by atoms with Gasteiger partial charge in [-0.05, 0) is 109 Å². The van der Waals surface area contributed by atoms with E-state index in [1.165, 1.54) is 27.8 Å². The average molecular weight is 809 g/mol. The van der Waals surface area contributed by atoms with Gasteiger partial charge >= 0.3 is 0 Å². The van der Waals surface area contributed by atoms with E-state index in [-0.39, 0.29) is 17.9 Å². The molecule has 1 amide bonds. The largest absolute Gasteiger partial charge is 0.488 e. The summed E-state index contributed by atoms with van der Waals surface area (Å²) in [7, 11) is 1.57. The Morgan fingerprint density at radius 3 is 2.63 bits per heavy atom. The highest BCUT2D eigenvalue weighted by Gasteiger charge is 2.37. The van der Waals surface area contributed by atoms with Gasteiger partial charge in [-0.3, -0.25) is 14.8 Å². The first-order chi connectivity index (χ1) is 28.7. The Bertz CT molecular complexity index is 2500. The molecule has 1 fully saturated rings. The molecule has 2 N–H and O–H groups in total. The van der Waals surface area contributed by atoms with Crippen molar-refractivity contribution in [3.05, 3.63) is 136 Å². The second-order valence-corrected chi connectivity index (χ2v) is 16.3. The molecule has 3 aliphatic rings. The number of carbonyl (C=O) groups is 1. The van der Waals surface area contributed by atoms with Crippen molar-refractivity contribution in [2.24, 2.45) is 0 Å². The summed E-state index contributed by atoms with van der Waals surface area (Å²) in [5.74, 6) is 2.47. The van der Waals surface area contributed by atoms with Crippen LogP contribution in [0.3, 0.4) is 0 Å². The Morgan fingerprint density at radius 2 is 1.85 bits per heavy atom. The van der Waals surface area contributed by atoms with E-state index in [1.54, 1.807) is 19.5 Å². The number of hydrogen-bond acceptors (Lipinski definition) is 8. The van der Waals surface area contributed by atoms with Crippen LogP contribution in [-0.2, 0) is 35.5 Å². The zero-order chi connectivity index (χ0) is 40.8. The van der Waals surface area contributed by atoms with E-state index < -0.39 is 6.10 Å². The lowest BCUT2D eigenvalue weighted by molar-refractivity contribution is -0.143. The number of aromatic nitrogens is 6. The number of carbonyl (C=O) groups excluding carboxylic acids is 1. The average Bonchev–Trinajstić information content (AvgIpc) is 4.03. The topological polar surface area (TPSA) is 125 Å². The van der Waals surface area contributed by atoms with E-state index in [4.69, 9.17) is 31.0 Å². The van der Waals surface area contributed by atoms with Gasteiger partial charge in [0.15, 0.2) is 6.10 Å². The fraction of sp³-hybridized carbons (Fsp3) is 0.340. The third kappa shape index (κ3) is 7.20. The van der Waals surface area contributed by atoms with Crippen LogP contribution in [0.5, 0.6) is 5.75 Å². The number of rotatable bonds is 13. The monoisotopic (exact) mass is 808 g/mol. The number of hydrogen-bond donors (Lipinski definition) is 2. The van der Waals surface area contributed by atoms with Crippen molar-refractivity contribution in [3.8, 4) is 39.4 Å². The summed E-state index contributed by atoms with van der Waals surface area (Å²) in [6.07, 6.45) is 12.8. The molecule has 59 heavy (non-hydrogen) atoms. The number of halogens is 1. The highest BCUT2D eigenvalue weighted by atomic mass is 35.5. The summed E-state index contributed by atoms with van der Waals surface area (Å²) in [6, 6.07) is 14.4. The number of methoxy groups -OCH3 is 1. The van der Waals surface area contributed by atoms with E-state index >= 15 is 0 Å². The number of nitrogens with one attached hydrogen (secondary N) is 2. The molecule has 1 saturated heterocycles. The standard InChI is InChI=1S/C47H49ClN8O3/c1-6-16-55(29(4)28(3)36-23-50-15-13-27(36)2)25-40-53-43(45(48)54-40)34-19-31-12-11-30-18-33(20-35-26-59-39(21-34)42(31)41(30)35)37-24-51-46(52-37)38-10-8-17-56(38)47(57)44(58-5)32-9-7-14-49-22-32/h7,9,13-15,18-24,28,38,44H,4,6,8,10-12,16-17,25-26H2,1-3,5H3,(H,51,52)(H,53,54)/t28?,38-,44?/m0/s1. The quantitative estimate of drug-likeness (QED) is 0.118. The van der Waals surface area contributed by atoms with Gasteiger partial charge in [-0.1, -0.05) is 38.1 Å². The summed E-state index contributed by atoms with van der Waals surface area (Å²) in [5, 5.41) is 0.513. The van der Waals surface area contributed by atoms with Gasteiger partial charge in [0, 0.05) is 78.9 Å². The minimum absolute atomic E-state index is 0.0776. The molecule has 9 rings (SSSR count). The van der Waals surface area contributed by atoms with E-state index in [1.807, 2.05) is 41.7 Å². The highest BCUT2D eigenvalue weighted by Crippen LogP contribution is 2.49. The molecule has 12 heteroatoms. The lowest BCUT2D eigenvalue weighted by Crippen LogP contribution is -2.35. The Morgan fingerprint density at radius 1 is 1.05 bits per heavy atom. The predicted molar refractivity (Wildman–Crippen MR) is 229 cm³/mol. The molecule has 2 unspecified atom stereocenters. The third-order valence-electron chi connectivity index (χ3n) is 12.3. The van der Waals surface area contributed by atoms with Crippen molar-refractivity contribution in [2.75, 3.05) is 20.2 Å². The first-order valence-electron chi connectivity index (χ1n) is 20.6. The van der Waals surface area contributed by atoms with Crippen LogP contribution >= 0.6 is 11.6 Å². The van der Waals surface area contributed by atoms with Crippen molar-refractivity contribution in [1.82, 2.24) is 39.7 Å². The van der Waals surface area contributed by atoms with Gasteiger partial charge in [-0.25, -0.2) is 9.97 Å². The lowest BCUT2D eigenvalue weighted by Gasteiger charge is -2.30. The van der Waals surface area contributed by atoms with Crippen molar-refractivity contribution in [1.29, 1.82) is 0 Å². The Balaban J connectivity index is 0.949. The van der Waals surface area contributed by atoms with Crippen LogP contribution < -0.4 is 4.74 Å². The number of H-pyrrole nitrogens is 2. The molecule has 6 heterocycles. The van der Waals surface area contributed by atoms with Gasteiger partial charge in [0.25, 0.3) is 5.91 Å². The van der Waals surface area contributed by atoms with Gasteiger partial charge in [0.1, 0.15) is 34.9 Å². The molecule has 0 bridgehead atoms. The molecule has 11 nitrogen and oxygen atoms in total. The summed E-state index contributed by atoms with van der Waals surface area (Å²) in [5.41, 5.74) is 13.9. The molecular weight excluding hydrogens is 760 g/mol. The first-order valence-corrected chi connectivity index (χ1v) is 20.9. The number of benzene rings is 2. The summed E-state index contributed by atoms with van der Waals surface area (Å²) < 4.78 is 12.2. The van der Waals surface area contributed by atoms with Crippen LogP contribution in [0.4, 0.5) is 0 Å². The van der Waals surface area contributed by atoms with Gasteiger partial charge in [0.05, 0.1) is 24.5 Å². The number of ether oxygens (including phenoxy) is 2. The zero-order valence-corrected chi connectivity index (χ0v) is 34.8. The number of imidazole rings is 2. The lowest BCUT2D eigenvalue weighted by atomic mass is 9.79. The zero-order valence-electron chi connectivity index (χ0n) is 34.0. The van der Waals surface area contributed by atoms with Gasteiger partial charge < -0.3 is 29.2 Å². The molecule has 0 radical (unpaired) electrons.